The highest BCUT2D eigenvalue weighted by Gasteiger charge is 2.42. The van der Waals surface area contributed by atoms with E-state index < -0.39 is 19.3 Å². The van der Waals surface area contributed by atoms with E-state index in [1.165, 1.54) is 0 Å². The summed E-state index contributed by atoms with van der Waals surface area (Å²) in [5, 5.41) is 11.5. The fourth-order valence-electron chi connectivity index (χ4n) is 2.33. The zero-order valence-electron chi connectivity index (χ0n) is 9.89. The summed E-state index contributed by atoms with van der Waals surface area (Å²) in [6.07, 6.45) is -1.57. The normalized spacial score (nSPS) is 20.5. The maximum atomic E-state index is 10.6. The van der Waals surface area contributed by atoms with Crippen molar-refractivity contribution < 1.29 is 23.9 Å². The summed E-state index contributed by atoms with van der Waals surface area (Å²) in [7, 11) is -0.549. The highest BCUT2D eigenvalue weighted by molar-refractivity contribution is 6.64. The molecule has 3 rings (SSSR count). The minimum atomic E-state index is -1.11. The number of nitrogens with one attached hydrogen (secondary N) is 1. The number of ether oxygens (including phenoxy) is 1. The molecule has 0 saturated heterocycles. The fraction of sp³-hybridized carbons (Fsp3) is 0.364. The van der Waals surface area contributed by atoms with Crippen LogP contribution < -0.4 is 15.5 Å². The third-order valence-corrected chi connectivity index (χ3v) is 3.42. The molecule has 0 saturated carbocycles. The standard InChI is InChI=1S/C11H11BClNO5/c13-6-1-2-7-10-9(6)8(5-14-11(15)16)19-12(10)18-4-3-17-7/h1-2,8,14H,3-5H2,(H,15,16). The highest BCUT2D eigenvalue weighted by Crippen LogP contribution is 2.34. The molecular formula is C11H11BClNO5. The number of carboxylic acid groups (broad SMARTS) is 1. The van der Waals surface area contributed by atoms with Crippen LogP contribution in [-0.4, -0.2) is 38.1 Å². The average Bonchev–Trinajstić information content (AvgIpc) is 2.62. The van der Waals surface area contributed by atoms with E-state index in [4.69, 9.17) is 30.8 Å². The molecule has 1 atom stereocenters. The molecule has 1 unspecified atom stereocenters. The second kappa shape index (κ2) is 4.92. The molecule has 2 N–H and O–H groups in total. The molecule has 8 heteroatoms. The number of amides is 1. The van der Waals surface area contributed by atoms with Gasteiger partial charge in [0.15, 0.2) is 0 Å². The Labute approximate surface area is 114 Å². The van der Waals surface area contributed by atoms with E-state index in [0.717, 1.165) is 11.0 Å². The van der Waals surface area contributed by atoms with E-state index in [0.29, 0.717) is 24.0 Å². The molecule has 2 heterocycles. The van der Waals surface area contributed by atoms with Crippen LogP contribution in [0.4, 0.5) is 4.79 Å². The van der Waals surface area contributed by atoms with Crippen LogP contribution in [0.15, 0.2) is 12.1 Å². The van der Waals surface area contributed by atoms with Gasteiger partial charge in [-0.25, -0.2) is 4.79 Å². The van der Waals surface area contributed by atoms with E-state index in [2.05, 4.69) is 5.32 Å². The molecule has 1 aromatic carbocycles. The van der Waals surface area contributed by atoms with Crippen LogP contribution in [0.1, 0.15) is 11.7 Å². The molecule has 100 valence electrons. The topological polar surface area (TPSA) is 77.0 Å². The Balaban J connectivity index is 1.97. The molecule has 0 aliphatic carbocycles. The Kier molecular flexibility index (Phi) is 3.26. The van der Waals surface area contributed by atoms with E-state index in [9.17, 15) is 4.79 Å². The smallest absolute Gasteiger partial charge is 0.492 e. The number of hydrogen-bond acceptors (Lipinski definition) is 4. The van der Waals surface area contributed by atoms with Crippen LogP contribution in [0.25, 0.3) is 0 Å². The first-order chi connectivity index (χ1) is 9.16. The van der Waals surface area contributed by atoms with Crippen LogP contribution in [0.5, 0.6) is 5.75 Å². The molecular weight excluding hydrogens is 272 g/mol. The first-order valence-corrected chi connectivity index (χ1v) is 6.23. The maximum Gasteiger partial charge on any atom is 0.498 e. The number of carbonyl (C=O) groups is 1. The Morgan fingerprint density at radius 1 is 1.53 bits per heavy atom. The second-order valence-electron chi connectivity index (χ2n) is 4.23. The number of rotatable bonds is 2. The molecule has 0 radical (unpaired) electrons. The van der Waals surface area contributed by atoms with Crippen LogP contribution in [0.3, 0.4) is 0 Å². The van der Waals surface area contributed by atoms with Gasteiger partial charge in [-0.2, -0.15) is 0 Å². The second-order valence-corrected chi connectivity index (χ2v) is 4.64. The number of benzene rings is 1. The summed E-state index contributed by atoms with van der Waals surface area (Å²) in [5.41, 5.74) is 1.50. The van der Waals surface area contributed by atoms with Crippen molar-refractivity contribution in [2.45, 2.75) is 6.10 Å². The third kappa shape index (κ3) is 2.24. The first kappa shape index (κ1) is 12.6. The van der Waals surface area contributed by atoms with Gasteiger partial charge in [0.2, 0.25) is 0 Å². The predicted molar refractivity (Wildman–Crippen MR) is 68.1 cm³/mol. The quantitative estimate of drug-likeness (QED) is 0.785. The lowest BCUT2D eigenvalue weighted by atomic mass is 9.78. The Morgan fingerprint density at radius 3 is 3.16 bits per heavy atom. The summed E-state index contributed by atoms with van der Waals surface area (Å²) in [5.74, 6) is 0.680. The number of halogens is 1. The van der Waals surface area contributed by atoms with Crippen molar-refractivity contribution in [2.75, 3.05) is 19.8 Å². The molecule has 2 aliphatic heterocycles. The van der Waals surface area contributed by atoms with Gasteiger partial charge in [-0.15, -0.1) is 0 Å². The molecule has 0 aromatic heterocycles. The summed E-state index contributed by atoms with van der Waals surface area (Å²) in [4.78, 5) is 10.6. The van der Waals surface area contributed by atoms with Gasteiger partial charge in [0.05, 0.1) is 12.7 Å². The van der Waals surface area contributed by atoms with Crippen molar-refractivity contribution in [1.82, 2.24) is 5.32 Å². The lowest BCUT2D eigenvalue weighted by molar-refractivity contribution is 0.138. The first-order valence-electron chi connectivity index (χ1n) is 5.86. The van der Waals surface area contributed by atoms with Crippen LogP contribution in [-0.2, 0) is 9.31 Å². The van der Waals surface area contributed by atoms with E-state index in [1.807, 2.05) is 0 Å². The van der Waals surface area contributed by atoms with Crippen LogP contribution in [0, 0.1) is 0 Å². The molecule has 2 aliphatic rings. The molecule has 1 amide bonds. The fourth-order valence-corrected chi connectivity index (χ4v) is 2.62. The SMILES string of the molecule is O=C(O)NCC1OB2OCCOc3ccc(Cl)c1c32. The van der Waals surface area contributed by atoms with Crippen molar-refractivity contribution in [1.29, 1.82) is 0 Å². The van der Waals surface area contributed by atoms with E-state index in [1.54, 1.807) is 12.1 Å². The third-order valence-electron chi connectivity index (χ3n) is 3.09. The molecule has 0 spiro atoms. The minimum Gasteiger partial charge on any atom is -0.492 e. The summed E-state index contributed by atoms with van der Waals surface area (Å²) in [6, 6.07) is 3.50. The zero-order valence-corrected chi connectivity index (χ0v) is 10.6. The van der Waals surface area contributed by atoms with E-state index in [-0.39, 0.29) is 6.54 Å². The summed E-state index contributed by atoms with van der Waals surface area (Å²) < 4.78 is 16.8. The predicted octanol–water partition coefficient (Wildman–Crippen LogP) is 0.783. The average molecular weight is 283 g/mol. The van der Waals surface area contributed by atoms with Gasteiger partial charge >= 0.3 is 13.2 Å². The zero-order chi connectivity index (χ0) is 13.4. The van der Waals surface area contributed by atoms with E-state index >= 15 is 0 Å². The lowest BCUT2D eigenvalue weighted by Gasteiger charge is -2.15. The summed E-state index contributed by atoms with van der Waals surface area (Å²) >= 11 is 6.19. The maximum absolute atomic E-state index is 10.6. The van der Waals surface area contributed by atoms with Gasteiger partial charge < -0.3 is 24.5 Å². The Morgan fingerprint density at radius 2 is 2.37 bits per heavy atom. The highest BCUT2D eigenvalue weighted by atomic mass is 35.5. The lowest BCUT2D eigenvalue weighted by Crippen LogP contribution is -2.32. The van der Waals surface area contributed by atoms with Gasteiger partial charge in [-0.05, 0) is 12.1 Å². The van der Waals surface area contributed by atoms with Gasteiger partial charge in [-0.3, -0.25) is 0 Å². The van der Waals surface area contributed by atoms with Gasteiger partial charge in [0, 0.05) is 22.6 Å². The van der Waals surface area contributed by atoms with Crippen molar-refractivity contribution in [3.05, 3.63) is 22.7 Å². The largest absolute Gasteiger partial charge is 0.498 e. The van der Waals surface area contributed by atoms with Gasteiger partial charge in [0.25, 0.3) is 0 Å². The Hall–Kier alpha value is -1.44. The molecule has 0 fully saturated rings. The minimum absolute atomic E-state index is 0.116. The molecule has 1 aromatic rings. The monoisotopic (exact) mass is 283 g/mol. The molecule has 19 heavy (non-hydrogen) atoms. The van der Waals surface area contributed by atoms with Gasteiger partial charge in [0.1, 0.15) is 12.4 Å². The molecule has 0 bridgehead atoms. The van der Waals surface area contributed by atoms with Crippen molar-refractivity contribution >= 4 is 30.3 Å². The number of hydrogen-bond donors (Lipinski definition) is 2. The Bertz CT molecular complexity index is 526. The van der Waals surface area contributed by atoms with Crippen LogP contribution >= 0.6 is 11.6 Å². The van der Waals surface area contributed by atoms with Gasteiger partial charge in [-0.1, -0.05) is 11.6 Å². The van der Waals surface area contributed by atoms with Crippen molar-refractivity contribution in [3.8, 4) is 5.75 Å². The van der Waals surface area contributed by atoms with Crippen molar-refractivity contribution in [3.63, 3.8) is 0 Å². The summed E-state index contributed by atoms with van der Waals surface area (Å²) in [6.45, 7) is 0.979. The molecule has 6 nitrogen and oxygen atoms in total. The van der Waals surface area contributed by atoms with Crippen LogP contribution in [0.2, 0.25) is 5.02 Å². The van der Waals surface area contributed by atoms with Crippen molar-refractivity contribution in [2.24, 2.45) is 0 Å².